The molecule has 152 valence electrons. The van der Waals surface area contributed by atoms with Gasteiger partial charge >= 0.3 is 23.3 Å². The normalized spacial score (nSPS) is 9.72. The maximum atomic E-state index is 10.7. The molecule has 0 fully saturated rings. The Morgan fingerprint density at radius 1 is 0.724 bits per heavy atom. The van der Waals surface area contributed by atoms with Crippen LogP contribution in [0, 0.1) is 44.2 Å². The first-order chi connectivity index (χ1) is 13.4. The van der Waals surface area contributed by atoms with E-state index >= 15 is 0 Å². The van der Waals surface area contributed by atoms with Gasteiger partial charge < -0.3 is 10.2 Å². The summed E-state index contributed by atoms with van der Waals surface area (Å²) in [5.41, 5.74) is -1.38. The SMILES string of the molecule is Cc1cc([N+](=O)[O-])c([N+](=O)[O-])cc1C(=O)O.Cc1cc([N+](=O)[O-])ccc1C(=O)O. The zero-order valence-electron chi connectivity index (χ0n) is 14.9. The average molecular weight is 407 g/mol. The number of benzene rings is 2. The average Bonchev–Trinajstić information content (AvgIpc) is 2.60. The molecule has 0 aliphatic heterocycles. The molecule has 0 heterocycles. The highest BCUT2D eigenvalue weighted by molar-refractivity contribution is 5.91. The summed E-state index contributed by atoms with van der Waals surface area (Å²) in [6, 6.07) is 5.22. The summed E-state index contributed by atoms with van der Waals surface area (Å²) < 4.78 is 0. The molecule has 0 aliphatic carbocycles. The van der Waals surface area contributed by atoms with Gasteiger partial charge in [-0.05, 0) is 31.0 Å². The van der Waals surface area contributed by atoms with E-state index in [1.807, 2.05) is 0 Å². The zero-order chi connectivity index (χ0) is 22.5. The summed E-state index contributed by atoms with van der Waals surface area (Å²) >= 11 is 0. The number of aryl methyl sites for hydroxylation is 2. The van der Waals surface area contributed by atoms with Gasteiger partial charge in [-0.3, -0.25) is 30.3 Å². The van der Waals surface area contributed by atoms with E-state index in [9.17, 15) is 39.9 Å². The Morgan fingerprint density at radius 2 is 1.17 bits per heavy atom. The number of hydrogen-bond donors (Lipinski definition) is 2. The third-order valence-electron chi connectivity index (χ3n) is 3.60. The minimum Gasteiger partial charge on any atom is -0.478 e. The molecule has 2 rings (SSSR count). The highest BCUT2D eigenvalue weighted by atomic mass is 16.6. The van der Waals surface area contributed by atoms with Crippen molar-refractivity contribution in [2.45, 2.75) is 13.8 Å². The van der Waals surface area contributed by atoms with E-state index in [0.29, 0.717) is 11.6 Å². The third-order valence-corrected chi connectivity index (χ3v) is 3.60. The lowest BCUT2D eigenvalue weighted by Crippen LogP contribution is -2.04. The fraction of sp³-hybridized carbons (Fsp3) is 0.125. The predicted molar refractivity (Wildman–Crippen MR) is 96.2 cm³/mol. The van der Waals surface area contributed by atoms with Crippen LogP contribution in [-0.2, 0) is 0 Å². The Balaban J connectivity index is 0.000000296. The van der Waals surface area contributed by atoms with Crippen molar-refractivity contribution in [2.75, 3.05) is 0 Å². The number of carboxylic acids is 2. The Bertz CT molecular complexity index is 1030. The van der Waals surface area contributed by atoms with Crippen LogP contribution in [0.1, 0.15) is 31.8 Å². The number of nitrogens with zero attached hydrogens (tertiary/aromatic N) is 3. The molecule has 0 amide bonds. The van der Waals surface area contributed by atoms with Crippen LogP contribution in [0.4, 0.5) is 17.1 Å². The zero-order valence-corrected chi connectivity index (χ0v) is 14.9. The van der Waals surface area contributed by atoms with Gasteiger partial charge in [-0.25, -0.2) is 9.59 Å². The van der Waals surface area contributed by atoms with Crippen LogP contribution in [0.15, 0.2) is 30.3 Å². The van der Waals surface area contributed by atoms with Gasteiger partial charge in [0.25, 0.3) is 5.69 Å². The van der Waals surface area contributed by atoms with Crippen LogP contribution in [0.3, 0.4) is 0 Å². The summed E-state index contributed by atoms with van der Waals surface area (Å²) in [5.74, 6) is -2.44. The van der Waals surface area contributed by atoms with Crippen molar-refractivity contribution in [3.8, 4) is 0 Å². The van der Waals surface area contributed by atoms with Crippen LogP contribution < -0.4 is 0 Å². The second kappa shape index (κ2) is 8.98. The van der Waals surface area contributed by atoms with Gasteiger partial charge in [-0.2, -0.15) is 0 Å². The number of rotatable bonds is 5. The first kappa shape index (κ1) is 22.6. The van der Waals surface area contributed by atoms with E-state index in [1.54, 1.807) is 0 Å². The number of carboxylic acid groups (broad SMARTS) is 2. The fourth-order valence-corrected chi connectivity index (χ4v) is 2.21. The van der Waals surface area contributed by atoms with Crippen molar-refractivity contribution in [2.24, 2.45) is 0 Å². The fourth-order valence-electron chi connectivity index (χ4n) is 2.21. The molecule has 2 N–H and O–H groups in total. The summed E-state index contributed by atoms with van der Waals surface area (Å²) in [6.07, 6.45) is 0. The van der Waals surface area contributed by atoms with Gasteiger partial charge in [-0.15, -0.1) is 0 Å². The lowest BCUT2D eigenvalue weighted by Gasteiger charge is -2.01. The van der Waals surface area contributed by atoms with E-state index in [-0.39, 0.29) is 22.4 Å². The maximum absolute atomic E-state index is 10.7. The van der Waals surface area contributed by atoms with E-state index in [4.69, 9.17) is 10.2 Å². The maximum Gasteiger partial charge on any atom is 0.346 e. The highest BCUT2D eigenvalue weighted by Crippen LogP contribution is 2.29. The Labute approximate surface area is 161 Å². The van der Waals surface area contributed by atoms with E-state index in [1.165, 1.54) is 32.0 Å². The van der Waals surface area contributed by atoms with Crippen molar-refractivity contribution < 1.29 is 34.6 Å². The van der Waals surface area contributed by atoms with E-state index < -0.39 is 38.1 Å². The number of nitro benzene ring substituents is 3. The first-order valence-corrected chi connectivity index (χ1v) is 7.51. The number of hydrogen-bond acceptors (Lipinski definition) is 8. The summed E-state index contributed by atoms with van der Waals surface area (Å²) in [7, 11) is 0. The molecular formula is C16H13N3O10. The molecular weight excluding hydrogens is 394 g/mol. The standard InChI is InChI=1S/C8H6N2O6.C8H7NO4/c1-4-2-6(9(13)14)7(10(15)16)3-5(4)8(11)12;1-5-4-6(9(12)13)2-3-7(5)8(10)11/h2-3H,1H3,(H,11,12);2-4H,1H3,(H,10,11). The van der Waals surface area contributed by atoms with Crippen molar-refractivity contribution in [3.63, 3.8) is 0 Å². The topological polar surface area (TPSA) is 204 Å². The summed E-state index contributed by atoms with van der Waals surface area (Å²) in [4.78, 5) is 50.1. The van der Waals surface area contributed by atoms with Crippen molar-refractivity contribution in [3.05, 3.63) is 82.9 Å². The number of nitro groups is 3. The van der Waals surface area contributed by atoms with Gasteiger partial charge in [0.2, 0.25) is 0 Å². The lowest BCUT2D eigenvalue weighted by molar-refractivity contribution is -0.422. The van der Waals surface area contributed by atoms with Gasteiger partial charge in [0.1, 0.15) is 0 Å². The van der Waals surface area contributed by atoms with Crippen molar-refractivity contribution in [1.82, 2.24) is 0 Å². The quantitative estimate of drug-likeness (QED) is 0.547. The van der Waals surface area contributed by atoms with Gasteiger partial charge in [0.05, 0.1) is 25.9 Å². The predicted octanol–water partition coefficient (Wildman–Crippen LogP) is 3.11. The van der Waals surface area contributed by atoms with E-state index in [2.05, 4.69) is 0 Å². The molecule has 2 aromatic rings. The summed E-state index contributed by atoms with van der Waals surface area (Å²) in [5, 5.41) is 48.7. The van der Waals surface area contributed by atoms with Crippen LogP contribution in [0.2, 0.25) is 0 Å². The van der Waals surface area contributed by atoms with E-state index in [0.717, 1.165) is 6.07 Å². The Kier molecular flexibility index (Phi) is 7.01. The number of aromatic carboxylic acids is 2. The molecule has 0 saturated carbocycles. The van der Waals surface area contributed by atoms with Gasteiger partial charge in [0, 0.05) is 24.3 Å². The molecule has 0 aromatic heterocycles. The molecule has 0 saturated heterocycles. The molecule has 0 unspecified atom stereocenters. The molecule has 2 aromatic carbocycles. The van der Waals surface area contributed by atoms with Crippen LogP contribution in [-0.4, -0.2) is 36.9 Å². The molecule has 13 heteroatoms. The molecule has 0 spiro atoms. The van der Waals surface area contributed by atoms with Crippen LogP contribution in [0.5, 0.6) is 0 Å². The monoisotopic (exact) mass is 407 g/mol. The van der Waals surface area contributed by atoms with Crippen molar-refractivity contribution >= 4 is 29.0 Å². The molecule has 0 bridgehead atoms. The largest absolute Gasteiger partial charge is 0.478 e. The third kappa shape index (κ3) is 5.53. The second-order valence-electron chi connectivity index (χ2n) is 5.54. The minimum atomic E-state index is -1.37. The van der Waals surface area contributed by atoms with Crippen LogP contribution >= 0.6 is 0 Å². The highest BCUT2D eigenvalue weighted by Gasteiger charge is 2.27. The van der Waals surface area contributed by atoms with Crippen LogP contribution in [0.25, 0.3) is 0 Å². The molecule has 0 radical (unpaired) electrons. The Hall–Kier alpha value is -4.42. The first-order valence-electron chi connectivity index (χ1n) is 7.51. The lowest BCUT2D eigenvalue weighted by atomic mass is 10.1. The molecule has 13 nitrogen and oxygen atoms in total. The summed E-state index contributed by atoms with van der Waals surface area (Å²) in [6.45, 7) is 2.86. The number of carbonyl (C=O) groups is 2. The van der Waals surface area contributed by atoms with Gasteiger partial charge in [0.15, 0.2) is 0 Å². The second-order valence-corrected chi connectivity index (χ2v) is 5.54. The van der Waals surface area contributed by atoms with Gasteiger partial charge in [-0.1, -0.05) is 0 Å². The smallest absolute Gasteiger partial charge is 0.346 e. The Morgan fingerprint density at radius 3 is 1.55 bits per heavy atom. The minimum absolute atomic E-state index is 0.0885. The molecule has 29 heavy (non-hydrogen) atoms. The molecule has 0 atom stereocenters. The molecule has 0 aliphatic rings. The number of non-ortho nitro benzene ring substituents is 1. The van der Waals surface area contributed by atoms with Crippen molar-refractivity contribution in [1.29, 1.82) is 0 Å².